The lowest BCUT2D eigenvalue weighted by Gasteiger charge is -2.22. The first kappa shape index (κ1) is 8.60. The molecule has 0 unspecified atom stereocenters. The Labute approximate surface area is 72.2 Å². The van der Waals surface area contributed by atoms with Crippen LogP contribution >= 0.6 is 11.6 Å². The Kier molecular flexibility index (Phi) is 2.23. The maximum Gasteiger partial charge on any atom is 0.0953 e. The molecule has 1 heterocycles. The molecule has 0 saturated heterocycles. The highest BCUT2D eigenvalue weighted by Crippen LogP contribution is 2.17. The third kappa shape index (κ3) is 1.74. The molecule has 0 atom stereocenters. The zero-order valence-corrected chi connectivity index (χ0v) is 7.89. The molecule has 0 radical (unpaired) electrons. The van der Waals surface area contributed by atoms with Crippen molar-refractivity contribution < 1.29 is 0 Å². The molecule has 2 nitrogen and oxygen atoms in total. The standard InChI is InChI=1S/C8H13ClN2/c1-8(2,3)11-6-10-5-7(11)4-9/h5-6H,4H2,1-3H3. The van der Waals surface area contributed by atoms with Crippen molar-refractivity contribution in [1.29, 1.82) is 0 Å². The molecule has 0 bridgehead atoms. The fourth-order valence-electron chi connectivity index (χ4n) is 1.03. The lowest BCUT2D eigenvalue weighted by Crippen LogP contribution is -2.22. The molecule has 1 aromatic heterocycles. The Morgan fingerprint density at radius 3 is 2.55 bits per heavy atom. The molecule has 62 valence electrons. The van der Waals surface area contributed by atoms with Gasteiger partial charge in [0.05, 0.1) is 17.9 Å². The van der Waals surface area contributed by atoms with Gasteiger partial charge in [-0.05, 0) is 20.8 Å². The van der Waals surface area contributed by atoms with Crippen LogP contribution in [0.5, 0.6) is 0 Å². The smallest absolute Gasteiger partial charge is 0.0953 e. The molecule has 0 fully saturated rings. The van der Waals surface area contributed by atoms with Crippen LogP contribution in [0.3, 0.4) is 0 Å². The van der Waals surface area contributed by atoms with Crippen LogP contribution in [0.4, 0.5) is 0 Å². The minimum Gasteiger partial charge on any atom is -0.328 e. The first-order chi connectivity index (χ1) is 5.05. The van der Waals surface area contributed by atoms with E-state index in [1.807, 2.05) is 6.33 Å². The number of imidazole rings is 1. The molecule has 1 rings (SSSR count). The second-order valence-electron chi connectivity index (χ2n) is 3.56. The minimum atomic E-state index is 0.0841. The maximum absolute atomic E-state index is 5.72. The molecule has 0 amide bonds. The predicted octanol–water partition coefficient (Wildman–Crippen LogP) is 2.38. The van der Waals surface area contributed by atoms with E-state index in [0.29, 0.717) is 5.88 Å². The van der Waals surface area contributed by atoms with Gasteiger partial charge in [-0.3, -0.25) is 0 Å². The van der Waals surface area contributed by atoms with Crippen molar-refractivity contribution in [3.63, 3.8) is 0 Å². The highest BCUT2D eigenvalue weighted by molar-refractivity contribution is 6.16. The van der Waals surface area contributed by atoms with Crippen LogP contribution in [0.1, 0.15) is 26.5 Å². The van der Waals surface area contributed by atoms with E-state index in [1.165, 1.54) is 0 Å². The zero-order valence-electron chi connectivity index (χ0n) is 7.13. The van der Waals surface area contributed by atoms with Crippen LogP contribution in [0.2, 0.25) is 0 Å². The molecule has 3 heteroatoms. The van der Waals surface area contributed by atoms with Gasteiger partial charge in [0, 0.05) is 11.7 Å². The molecule has 0 aliphatic rings. The number of rotatable bonds is 1. The summed E-state index contributed by atoms with van der Waals surface area (Å²) in [6, 6.07) is 0. The van der Waals surface area contributed by atoms with Crippen LogP contribution in [-0.2, 0) is 11.4 Å². The fourth-order valence-corrected chi connectivity index (χ4v) is 1.22. The average Bonchev–Trinajstić information content (AvgIpc) is 2.31. The Morgan fingerprint density at radius 1 is 1.55 bits per heavy atom. The molecule has 1 aromatic rings. The summed E-state index contributed by atoms with van der Waals surface area (Å²) in [5.74, 6) is 0.525. The van der Waals surface area contributed by atoms with E-state index in [-0.39, 0.29) is 5.54 Å². The van der Waals surface area contributed by atoms with Gasteiger partial charge in [-0.25, -0.2) is 4.98 Å². The second-order valence-corrected chi connectivity index (χ2v) is 3.83. The van der Waals surface area contributed by atoms with Crippen LogP contribution in [-0.4, -0.2) is 9.55 Å². The SMILES string of the molecule is CC(C)(C)n1cncc1CCl. The summed E-state index contributed by atoms with van der Waals surface area (Å²) in [5.41, 5.74) is 1.15. The summed E-state index contributed by atoms with van der Waals surface area (Å²) in [7, 11) is 0. The minimum absolute atomic E-state index is 0.0841. The summed E-state index contributed by atoms with van der Waals surface area (Å²) in [5, 5.41) is 0. The van der Waals surface area contributed by atoms with Crippen molar-refractivity contribution in [2.45, 2.75) is 32.2 Å². The Hall–Kier alpha value is -0.500. The van der Waals surface area contributed by atoms with Gasteiger partial charge in [0.25, 0.3) is 0 Å². The number of hydrogen-bond donors (Lipinski definition) is 0. The highest BCUT2D eigenvalue weighted by Gasteiger charge is 2.14. The lowest BCUT2D eigenvalue weighted by atomic mass is 10.1. The third-order valence-corrected chi connectivity index (χ3v) is 1.85. The van der Waals surface area contributed by atoms with Gasteiger partial charge in [-0.2, -0.15) is 0 Å². The average molecular weight is 173 g/mol. The first-order valence-corrected chi connectivity index (χ1v) is 4.17. The first-order valence-electron chi connectivity index (χ1n) is 3.63. The van der Waals surface area contributed by atoms with E-state index in [9.17, 15) is 0 Å². The summed E-state index contributed by atoms with van der Waals surface area (Å²) < 4.78 is 2.08. The van der Waals surface area contributed by atoms with E-state index in [2.05, 4.69) is 30.3 Å². The van der Waals surface area contributed by atoms with E-state index in [1.54, 1.807) is 6.20 Å². The number of nitrogens with zero attached hydrogens (tertiary/aromatic N) is 2. The number of hydrogen-bond acceptors (Lipinski definition) is 1. The fraction of sp³-hybridized carbons (Fsp3) is 0.625. The van der Waals surface area contributed by atoms with E-state index in [0.717, 1.165) is 5.69 Å². The molecule has 0 N–H and O–H groups in total. The Bertz CT molecular complexity index is 234. The van der Waals surface area contributed by atoms with Crippen molar-refractivity contribution in [3.8, 4) is 0 Å². The predicted molar refractivity (Wildman–Crippen MR) is 46.8 cm³/mol. The number of halogens is 1. The number of alkyl halides is 1. The Balaban J connectivity index is 3.02. The molecule has 0 aromatic carbocycles. The van der Waals surface area contributed by atoms with Gasteiger partial charge in [-0.15, -0.1) is 11.6 Å². The quantitative estimate of drug-likeness (QED) is 0.595. The van der Waals surface area contributed by atoms with Crippen molar-refractivity contribution in [2.75, 3.05) is 0 Å². The summed E-state index contributed by atoms with van der Waals surface area (Å²) in [6.45, 7) is 6.39. The van der Waals surface area contributed by atoms with Gasteiger partial charge in [0.1, 0.15) is 0 Å². The monoisotopic (exact) mass is 172 g/mol. The van der Waals surface area contributed by atoms with Crippen molar-refractivity contribution in [3.05, 3.63) is 18.2 Å². The topological polar surface area (TPSA) is 17.8 Å². The van der Waals surface area contributed by atoms with Gasteiger partial charge >= 0.3 is 0 Å². The maximum atomic E-state index is 5.72. The van der Waals surface area contributed by atoms with Crippen LogP contribution < -0.4 is 0 Å². The van der Waals surface area contributed by atoms with Crippen LogP contribution in [0, 0.1) is 0 Å². The summed E-state index contributed by atoms with van der Waals surface area (Å²) in [6.07, 6.45) is 3.62. The molecule has 11 heavy (non-hydrogen) atoms. The van der Waals surface area contributed by atoms with Crippen LogP contribution in [0.15, 0.2) is 12.5 Å². The van der Waals surface area contributed by atoms with E-state index >= 15 is 0 Å². The van der Waals surface area contributed by atoms with E-state index < -0.39 is 0 Å². The van der Waals surface area contributed by atoms with Gasteiger partial charge in [0.15, 0.2) is 0 Å². The Morgan fingerprint density at radius 2 is 2.18 bits per heavy atom. The van der Waals surface area contributed by atoms with Gasteiger partial charge in [0.2, 0.25) is 0 Å². The normalized spacial score (nSPS) is 12.0. The van der Waals surface area contributed by atoms with Crippen molar-refractivity contribution in [2.24, 2.45) is 0 Å². The summed E-state index contributed by atoms with van der Waals surface area (Å²) in [4.78, 5) is 4.04. The van der Waals surface area contributed by atoms with E-state index in [4.69, 9.17) is 11.6 Å². The summed E-state index contributed by atoms with van der Waals surface area (Å²) >= 11 is 5.72. The third-order valence-electron chi connectivity index (χ3n) is 1.57. The zero-order chi connectivity index (χ0) is 8.48. The van der Waals surface area contributed by atoms with Crippen molar-refractivity contribution >= 4 is 11.6 Å². The largest absolute Gasteiger partial charge is 0.328 e. The number of aromatic nitrogens is 2. The molecular weight excluding hydrogens is 160 g/mol. The van der Waals surface area contributed by atoms with Crippen molar-refractivity contribution in [1.82, 2.24) is 9.55 Å². The second kappa shape index (κ2) is 2.86. The highest BCUT2D eigenvalue weighted by atomic mass is 35.5. The van der Waals surface area contributed by atoms with Gasteiger partial charge in [-0.1, -0.05) is 0 Å². The molecule has 0 spiro atoms. The molecule has 0 aliphatic heterocycles. The van der Waals surface area contributed by atoms with Crippen LogP contribution in [0.25, 0.3) is 0 Å². The molecule has 0 aliphatic carbocycles. The molecule has 0 saturated carbocycles. The van der Waals surface area contributed by atoms with Gasteiger partial charge < -0.3 is 4.57 Å². The molecular formula is C8H13ClN2. The lowest BCUT2D eigenvalue weighted by molar-refractivity contribution is 0.388.